The van der Waals surface area contributed by atoms with Gasteiger partial charge in [-0.2, -0.15) is 0 Å². The Morgan fingerprint density at radius 1 is 0.113 bits per heavy atom. The number of benzene rings is 20. The zero-order valence-electron chi connectivity index (χ0n) is 63.2. The molecule has 0 aliphatic heterocycles. The van der Waals surface area contributed by atoms with Crippen molar-refractivity contribution in [2.45, 2.75) is 16.2 Å². The van der Waals surface area contributed by atoms with Crippen molar-refractivity contribution in [1.82, 2.24) is 0 Å². The molecule has 0 nitrogen and oxygen atoms in total. The second-order valence-electron chi connectivity index (χ2n) is 31.4. The van der Waals surface area contributed by atoms with Crippen LogP contribution in [0.4, 0.5) is 0 Å². The molecule has 20 aromatic rings. The van der Waals surface area contributed by atoms with E-state index in [1.165, 1.54) is 210 Å². The van der Waals surface area contributed by atoms with Gasteiger partial charge in [0.1, 0.15) is 0 Å². The first-order valence-corrected chi connectivity index (χ1v) is 40.3. The Morgan fingerprint density at radius 2 is 0.261 bits per heavy atom. The molecule has 0 spiro atoms. The quantitative estimate of drug-likeness (QED) is 0.107. The first kappa shape index (κ1) is 66.2. The van der Waals surface area contributed by atoms with Gasteiger partial charge in [0.15, 0.2) is 0 Å². The van der Waals surface area contributed by atoms with Crippen molar-refractivity contribution in [1.29, 1.82) is 0 Å². The highest BCUT2D eigenvalue weighted by molar-refractivity contribution is 6.23. The van der Waals surface area contributed by atoms with Crippen molar-refractivity contribution in [2.24, 2.45) is 0 Å². The molecule has 0 N–H and O–H groups in total. The third-order valence-corrected chi connectivity index (χ3v) is 25.9. The lowest BCUT2D eigenvalue weighted by molar-refractivity contribution is 0.769. The lowest BCUT2D eigenvalue weighted by Crippen LogP contribution is -2.28. The Morgan fingerprint density at radius 3 is 0.443 bits per heavy atom. The maximum Gasteiger partial charge on any atom is 0.0713 e. The summed E-state index contributed by atoms with van der Waals surface area (Å²) >= 11 is 0. The van der Waals surface area contributed by atoms with Crippen molar-refractivity contribution in [3.05, 3.63) is 516 Å². The molecule has 115 heavy (non-hydrogen) atoms. The Labute approximate surface area is 670 Å². The van der Waals surface area contributed by atoms with Gasteiger partial charge in [0, 0.05) is 0 Å². The summed E-state index contributed by atoms with van der Waals surface area (Å²) in [6.07, 6.45) is 0. The summed E-state index contributed by atoms with van der Waals surface area (Å²) in [7, 11) is 0. The van der Waals surface area contributed by atoms with E-state index in [1.807, 2.05) is 0 Å². The smallest absolute Gasteiger partial charge is 0.0622 e. The zero-order chi connectivity index (χ0) is 75.8. The van der Waals surface area contributed by atoms with Crippen LogP contribution in [0, 0.1) is 0 Å². The van der Waals surface area contributed by atoms with Crippen LogP contribution in [-0.4, -0.2) is 0 Å². The molecule has 0 aromatic heterocycles. The van der Waals surface area contributed by atoms with Gasteiger partial charge in [0.05, 0.1) is 16.2 Å². The van der Waals surface area contributed by atoms with E-state index >= 15 is 0 Å². The molecule has 0 saturated heterocycles. The van der Waals surface area contributed by atoms with E-state index in [2.05, 4.69) is 449 Å². The minimum absolute atomic E-state index is 0.618. The number of fused-ring (bicyclic) bond motifs is 13. The third-order valence-electron chi connectivity index (χ3n) is 25.9. The molecule has 0 heterocycles. The first-order valence-electron chi connectivity index (χ1n) is 40.3. The fourth-order valence-corrected chi connectivity index (χ4v) is 21.2. The lowest BCUT2D eigenvalue weighted by Gasteiger charge is -2.34. The summed E-state index contributed by atoms with van der Waals surface area (Å²) in [5.41, 5.74) is 35.1. The van der Waals surface area contributed by atoms with E-state index in [9.17, 15) is 0 Å². The highest BCUT2D eigenvalue weighted by atomic mass is 14.5. The van der Waals surface area contributed by atoms with Gasteiger partial charge in [-0.3, -0.25) is 0 Å². The molecule has 3 aliphatic carbocycles. The Bertz CT molecular complexity index is 6640. The predicted molar refractivity (Wildman–Crippen MR) is 481 cm³/mol. The Balaban J connectivity index is 0.706. The van der Waals surface area contributed by atoms with Crippen LogP contribution >= 0.6 is 0 Å². The van der Waals surface area contributed by atoms with Crippen molar-refractivity contribution < 1.29 is 0 Å². The molecule has 0 fully saturated rings. The molecule has 0 radical (unpaired) electrons. The van der Waals surface area contributed by atoms with Crippen LogP contribution in [0.15, 0.2) is 449 Å². The summed E-state index contributed by atoms with van der Waals surface area (Å²) in [6.45, 7) is 0. The third kappa shape index (κ3) is 9.73. The second-order valence-corrected chi connectivity index (χ2v) is 31.4. The van der Waals surface area contributed by atoms with E-state index in [0.29, 0.717) is 0 Å². The fraction of sp³-hybridized carbons (Fsp3) is 0.0261. The molecular formula is C115H74. The molecule has 0 saturated carbocycles. The van der Waals surface area contributed by atoms with Crippen molar-refractivity contribution in [3.63, 3.8) is 0 Å². The highest BCUT2D eigenvalue weighted by Gasteiger charge is 2.50. The standard InChI is InChI=1S/C115H74/c1-9-33-75(34-10-1)77-57-63-89-91-65-59-79(71-105(91)113(103(89)69-77,83-37-13-3-14-38-83)84-39-15-4-16-40-84)109-95-49-25-29-53-99(95)111(100-54-30-26-50-96(100)109)81-61-67-93-94-68-62-82(74-108(94)115(107(93)73-81,87-45-21-7-22-46-87)88-47-23-8-24-48-88)112-101-55-31-27-51-97(101)110(98-52-28-32-56-102(98)112)80-60-66-92-90-64-58-78(76-35-11-2-12-36-76)70-104(90)114(106(92)72-80,85-41-17-5-18-42-85)86-43-19-6-20-44-86/h1-74H. The highest BCUT2D eigenvalue weighted by Crippen LogP contribution is 2.63. The lowest BCUT2D eigenvalue weighted by atomic mass is 9.67. The van der Waals surface area contributed by atoms with Gasteiger partial charge < -0.3 is 0 Å². The van der Waals surface area contributed by atoms with E-state index in [0.717, 1.165) is 0 Å². The maximum absolute atomic E-state index is 2.58. The predicted octanol–water partition coefficient (Wildman–Crippen LogP) is 29.4. The molecule has 0 atom stereocenters. The van der Waals surface area contributed by atoms with Gasteiger partial charge in [0.25, 0.3) is 0 Å². The topological polar surface area (TPSA) is 0 Å². The fourth-order valence-electron chi connectivity index (χ4n) is 21.2. The van der Waals surface area contributed by atoms with Crippen LogP contribution in [0.25, 0.3) is 143 Å². The average Bonchev–Trinajstić information content (AvgIpc) is 1.55. The van der Waals surface area contributed by atoms with Crippen LogP contribution in [-0.2, 0) is 16.2 Å². The molecule has 23 rings (SSSR count). The van der Waals surface area contributed by atoms with Crippen molar-refractivity contribution >= 4 is 43.1 Å². The van der Waals surface area contributed by atoms with Crippen molar-refractivity contribution in [3.8, 4) is 100 Å². The zero-order valence-corrected chi connectivity index (χ0v) is 63.2. The minimum atomic E-state index is -0.738. The molecule has 534 valence electrons. The summed E-state index contributed by atoms with van der Waals surface area (Å²) in [6, 6.07) is 170. The van der Waals surface area contributed by atoms with Gasteiger partial charge in [-0.05, 0) is 246 Å². The second kappa shape index (κ2) is 26.3. The number of hydrogen-bond donors (Lipinski definition) is 0. The molecule has 0 amide bonds. The summed E-state index contributed by atoms with van der Waals surface area (Å²) in [5, 5.41) is 9.70. The molecule has 20 aromatic carbocycles. The van der Waals surface area contributed by atoms with Gasteiger partial charge in [-0.1, -0.05) is 413 Å². The minimum Gasteiger partial charge on any atom is -0.0622 e. The maximum atomic E-state index is 2.58. The van der Waals surface area contributed by atoms with Gasteiger partial charge in [-0.25, -0.2) is 0 Å². The number of hydrogen-bond acceptors (Lipinski definition) is 0. The van der Waals surface area contributed by atoms with Crippen LogP contribution in [0.3, 0.4) is 0 Å². The van der Waals surface area contributed by atoms with Gasteiger partial charge >= 0.3 is 0 Å². The summed E-state index contributed by atoms with van der Waals surface area (Å²) in [4.78, 5) is 0. The molecular weight excluding hydrogens is 1380 g/mol. The molecule has 0 bridgehead atoms. The van der Waals surface area contributed by atoms with E-state index in [4.69, 9.17) is 0 Å². The van der Waals surface area contributed by atoms with Crippen molar-refractivity contribution in [2.75, 3.05) is 0 Å². The first-order chi connectivity index (χ1) is 57.1. The van der Waals surface area contributed by atoms with Crippen LogP contribution in [0.1, 0.15) is 66.8 Å². The number of rotatable bonds is 12. The summed E-state index contributed by atoms with van der Waals surface area (Å²) < 4.78 is 0. The molecule has 0 heteroatoms. The van der Waals surface area contributed by atoms with Crippen LogP contribution in [0.2, 0.25) is 0 Å². The Kier molecular flexibility index (Phi) is 15.1. The SMILES string of the molecule is c1ccc(-c2ccc3c(c2)C(c2ccccc2)(c2ccccc2)c2cc(-c4c5ccccc5c(-c5ccc6c(c5)C(c5ccccc5)(c5ccccc5)c5cc(-c7c8ccccc8c(-c8ccc9c(c8)C(c8ccccc8)(c8ccccc8)c8cc(-c%10ccccc%10)ccc8-9)c8ccccc78)ccc5-6)c5ccccc45)ccc2-3)cc1. The normalized spacial score (nSPS) is 13.6. The summed E-state index contributed by atoms with van der Waals surface area (Å²) in [5.74, 6) is 0. The van der Waals surface area contributed by atoms with Gasteiger partial charge in [0.2, 0.25) is 0 Å². The largest absolute Gasteiger partial charge is 0.0713 e. The molecule has 0 unspecified atom stereocenters. The van der Waals surface area contributed by atoms with Crippen LogP contribution < -0.4 is 0 Å². The van der Waals surface area contributed by atoms with E-state index in [1.54, 1.807) is 0 Å². The van der Waals surface area contributed by atoms with Crippen LogP contribution in [0.5, 0.6) is 0 Å². The van der Waals surface area contributed by atoms with Gasteiger partial charge in [-0.15, -0.1) is 0 Å². The van der Waals surface area contributed by atoms with E-state index < -0.39 is 16.2 Å². The Hall–Kier alpha value is -14.6. The monoisotopic (exact) mass is 1450 g/mol. The molecule has 3 aliphatic rings. The van der Waals surface area contributed by atoms with E-state index in [-0.39, 0.29) is 0 Å². The average molecular weight is 1460 g/mol.